The van der Waals surface area contributed by atoms with Crippen LogP contribution >= 0.6 is 0 Å². The van der Waals surface area contributed by atoms with E-state index in [9.17, 15) is 5.11 Å². The molecule has 0 saturated heterocycles. The zero-order chi connectivity index (χ0) is 18.9. The molecule has 0 aromatic heterocycles. The first-order valence-corrected chi connectivity index (χ1v) is 9.86. The molecular formula is C27H22O. The second-order valence-corrected chi connectivity index (χ2v) is 7.42. The molecule has 0 spiro atoms. The van der Waals surface area contributed by atoms with Crippen molar-refractivity contribution < 1.29 is 5.11 Å². The van der Waals surface area contributed by atoms with Crippen LogP contribution in [0.5, 0.6) is 0 Å². The van der Waals surface area contributed by atoms with Gasteiger partial charge in [0.05, 0.1) is 6.10 Å². The first-order chi connectivity index (χ1) is 13.8. The number of benzene rings is 5. The first kappa shape index (κ1) is 17.0. The summed E-state index contributed by atoms with van der Waals surface area (Å²) in [5, 5.41) is 18.4. The summed E-state index contributed by atoms with van der Waals surface area (Å²) in [6, 6.07) is 33.8. The van der Waals surface area contributed by atoms with Gasteiger partial charge in [-0.2, -0.15) is 0 Å². The molecule has 5 aromatic carbocycles. The predicted molar refractivity (Wildman–Crippen MR) is 119 cm³/mol. The highest BCUT2D eigenvalue weighted by molar-refractivity contribution is 6.02. The van der Waals surface area contributed by atoms with Gasteiger partial charge in [0.25, 0.3) is 0 Å². The molecule has 0 fully saturated rings. The molecule has 1 unspecified atom stereocenters. The molecule has 136 valence electrons. The average molecular weight is 362 g/mol. The van der Waals surface area contributed by atoms with E-state index < -0.39 is 6.10 Å². The maximum atomic E-state index is 11.0. The molecule has 0 bridgehead atoms. The highest BCUT2D eigenvalue weighted by Gasteiger charge is 2.14. The Morgan fingerprint density at radius 3 is 1.79 bits per heavy atom. The Bertz CT molecular complexity index is 1230. The Labute approximate surface area is 164 Å². The Balaban J connectivity index is 1.54. The second-order valence-electron chi connectivity index (χ2n) is 7.42. The van der Waals surface area contributed by atoms with Gasteiger partial charge in [0.1, 0.15) is 0 Å². The lowest BCUT2D eigenvalue weighted by atomic mass is 9.91. The van der Waals surface area contributed by atoms with E-state index in [-0.39, 0.29) is 0 Å². The van der Waals surface area contributed by atoms with Gasteiger partial charge < -0.3 is 5.11 Å². The van der Waals surface area contributed by atoms with E-state index in [0.29, 0.717) is 6.42 Å². The minimum absolute atomic E-state index is 0.483. The van der Waals surface area contributed by atoms with Crippen LogP contribution in [0.25, 0.3) is 32.3 Å². The molecule has 0 radical (unpaired) electrons. The number of aliphatic hydroxyl groups is 1. The molecule has 0 aliphatic rings. The molecule has 28 heavy (non-hydrogen) atoms. The van der Waals surface area contributed by atoms with Gasteiger partial charge >= 0.3 is 0 Å². The number of aliphatic hydroxyl groups excluding tert-OH is 1. The van der Waals surface area contributed by atoms with Crippen LogP contribution in [0.2, 0.25) is 0 Å². The number of rotatable bonds is 4. The molecule has 1 nitrogen and oxygen atoms in total. The molecule has 1 N–H and O–H groups in total. The minimum Gasteiger partial charge on any atom is -0.388 e. The van der Waals surface area contributed by atoms with Gasteiger partial charge in [-0.25, -0.2) is 0 Å². The summed E-state index contributed by atoms with van der Waals surface area (Å²) in [4.78, 5) is 0. The molecular weight excluding hydrogens is 340 g/mol. The fourth-order valence-electron chi connectivity index (χ4n) is 4.35. The summed E-state index contributed by atoms with van der Waals surface area (Å²) < 4.78 is 0. The van der Waals surface area contributed by atoms with E-state index >= 15 is 0 Å². The van der Waals surface area contributed by atoms with Crippen molar-refractivity contribution in [2.75, 3.05) is 0 Å². The average Bonchev–Trinajstić information content (AvgIpc) is 2.76. The van der Waals surface area contributed by atoms with E-state index in [1.54, 1.807) is 0 Å². The fraction of sp³-hybridized carbons (Fsp3) is 0.111. The van der Waals surface area contributed by atoms with Crippen LogP contribution in [0.4, 0.5) is 0 Å². The second kappa shape index (κ2) is 7.10. The molecule has 1 heteroatoms. The Hall–Kier alpha value is -3.16. The van der Waals surface area contributed by atoms with E-state index in [1.807, 2.05) is 24.3 Å². The number of hydrogen-bond donors (Lipinski definition) is 1. The number of aryl methyl sites for hydroxylation is 1. The lowest BCUT2D eigenvalue weighted by Crippen LogP contribution is -2.01. The molecule has 0 aliphatic carbocycles. The largest absolute Gasteiger partial charge is 0.388 e. The predicted octanol–water partition coefficient (Wildman–Crippen LogP) is 6.81. The topological polar surface area (TPSA) is 20.2 Å². The zero-order valence-corrected chi connectivity index (χ0v) is 15.7. The normalized spacial score (nSPS) is 12.6. The third-order valence-electron chi connectivity index (χ3n) is 5.73. The van der Waals surface area contributed by atoms with Crippen molar-refractivity contribution in [1.29, 1.82) is 0 Å². The quantitative estimate of drug-likeness (QED) is 0.348. The van der Waals surface area contributed by atoms with Crippen molar-refractivity contribution in [1.82, 2.24) is 0 Å². The maximum Gasteiger partial charge on any atom is 0.0799 e. The first-order valence-electron chi connectivity index (χ1n) is 9.86. The van der Waals surface area contributed by atoms with Crippen LogP contribution in [0.3, 0.4) is 0 Å². The monoisotopic (exact) mass is 362 g/mol. The summed E-state index contributed by atoms with van der Waals surface area (Å²) >= 11 is 0. The Kier molecular flexibility index (Phi) is 4.31. The highest BCUT2D eigenvalue weighted by atomic mass is 16.3. The van der Waals surface area contributed by atoms with Gasteiger partial charge in [-0.15, -0.1) is 0 Å². The third kappa shape index (κ3) is 2.94. The van der Waals surface area contributed by atoms with Crippen LogP contribution in [0.15, 0.2) is 97.1 Å². The molecule has 0 amide bonds. The smallest absolute Gasteiger partial charge is 0.0799 e. The molecule has 0 saturated carbocycles. The van der Waals surface area contributed by atoms with Crippen LogP contribution in [-0.2, 0) is 6.42 Å². The van der Waals surface area contributed by atoms with E-state index in [2.05, 4.69) is 72.8 Å². The van der Waals surface area contributed by atoms with Gasteiger partial charge in [-0.05, 0) is 62.4 Å². The lowest BCUT2D eigenvalue weighted by Gasteiger charge is -2.16. The van der Waals surface area contributed by atoms with E-state index in [4.69, 9.17) is 0 Å². The summed E-state index contributed by atoms with van der Waals surface area (Å²) in [6.45, 7) is 0. The lowest BCUT2D eigenvalue weighted by molar-refractivity contribution is 0.169. The Morgan fingerprint density at radius 2 is 1.11 bits per heavy atom. The van der Waals surface area contributed by atoms with Crippen molar-refractivity contribution in [3.63, 3.8) is 0 Å². The number of fused-ring (bicyclic) bond motifs is 3. The van der Waals surface area contributed by atoms with Crippen molar-refractivity contribution in [2.24, 2.45) is 0 Å². The molecule has 5 rings (SSSR count). The van der Waals surface area contributed by atoms with Crippen molar-refractivity contribution in [2.45, 2.75) is 18.9 Å². The van der Waals surface area contributed by atoms with Crippen LogP contribution in [-0.4, -0.2) is 5.11 Å². The fourth-order valence-corrected chi connectivity index (χ4v) is 4.35. The van der Waals surface area contributed by atoms with Crippen LogP contribution in [0, 0.1) is 0 Å². The standard InChI is InChI=1S/C27H22O/c28-27(26-15-7-11-19-8-1-4-12-22(19)26)17-16-25-23-13-5-2-9-20(23)18-21-10-3-6-14-24(21)25/h1-15,18,27-28H,16-17H2. The Morgan fingerprint density at radius 1 is 0.571 bits per heavy atom. The summed E-state index contributed by atoms with van der Waals surface area (Å²) in [5.74, 6) is 0. The highest BCUT2D eigenvalue weighted by Crippen LogP contribution is 2.32. The van der Waals surface area contributed by atoms with E-state index in [1.165, 1.54) is 32.5 Å². The molecule has 5 aromatic rings. The van der Waals surface area contributed by atoms with Crippen LogP contribution in [0.1, 0.15) is 23.7 Å². The van der Waals surface area contributed by atoms with Gasteiger partial charge in [0.2, 0.25) is 0 Å². The van der Waals surface area contributed by atoms with E-state index in [0.717, 1.165) is 17.4 Å². The SMILES string of the molecule is OC(CCc1c2ccccc2cc2ccccc12)c1cccc2ccccc12. The minimum atomic E-state index is -0.483. The maximum absolute atomic E-state index is 11.0. The van der Waals surface area contributed by atoms with Gasteiger partial charge in [0.15, 0.2) is 0 Å². The molecule has 1 atom stereocenters. The van der Waals surface area contributed by atoms with Gasteiger partial charge in [-0.1, -0.05) is 91.0 Å². The van der Waals surface area contributed by atoms with Gasteiger partial charge in [0, 0.05) is 0 Å². The van der Waals surface area contributed by atoms with Crippen LogP contribution < -0.4 is 0 Å². The number of hydrogen-bond acceptors (Lipinski definition) is 1. The zero-order valence-electron chi connectivity index (χ0n) is 15.7. The third-order valence-corrected chi connectivity index (χ3v) is 5.73. The van der Waals surface area contributed by atoms with Crippen molar-refractivity contribution >= 4 is 32.3 Å². The summed E-state index contributed by atoms with van der Waals surface area (Å²) in [7, 11) is 0. The summed E-state index contributed by atoms with van der Waals surface area (Å²) in [5.41, 5.74) is 2.34. The van der Waals surface area contributed by atoms with Crippen molar-refractivity contribution in [3.05, 3.63) is 108 Å². The van der Waals surface area contributed by atoms with Gasteiger partial charge in [-0.3, -0.25) is 0 Å². The van der Waals surface area contributed by atoms with Crippen molar-refractivity contribution in [3.8, 4) is 0 Å². The summed E-state index contributed by atoms with van der Waals surface area (Å²) in [6.07, 6.45) is 1.06. The molecule has 0 aliphatic heterocycles. The molecule has 0 heterocycles.